The van der Waals surface area contributed by atoms with Gasteiger partial charge in [0.1, 0.15) is 0 Å². The molecule has 1 aromatic rings. The highest BCUT2D eigenvalue weighted by Crippen LogP contribution is 2.26. The Labute approximate surface area is 93.1 Å². The lowest BCUT2D eigenvalue weighted by molar-refractivity contribution is -0.384. The number of nitro groups is 1. The summed E-state index contributed by atoms with van der Waals surface area (Å²) >= 11 is 0. The largest absolute Gasteiger partial charge is 0.348 e. The van der Waals surface area contributed by atoms with Crippen molar-refractivity contribution >= 4 is 5.69 Å². The molecule has 86 valence electrons. The summed E-state index contributed by atoms with van der Waals surface area (Å²) in [5.74, 6) is 0.397. The number of hydrogen-bond donors (Lipinski definition) is 0. The number of nitro benzene ring substituents is 1. The second-order valence-electron chi connectivity index (χ2n) is 3.95. The highest BCUT2D eigenvalue weighted by Gasteiger charge is 2.21. The summed E-state index contributed by atoms with van der Waals surface area (Å²) in [6.07, 6.45) is -0.392. The molecule has 0 amide bonds. The third kappa shape index (κ3) is 2.37. The number of ether oxygens (including phenoxy) is 2. The molecule has 0 spiro atoms. The quantitative estimate of drug-likeness (QED) is 0.570. The average molecular weight is 223 g/mol. The molecule has 1 aliphatic rings. The van der Waals surface area contributed by atoms with Gasteiger partial charge >= 0.3 is 0 Å². The molecular formula is C11H13NO4. The van der Waals surface area contributed by atoms with E-state index in [0.29, 0.717) is 19.1 Å². The minimum atomic E-state index is -0.422. The molecule has 1 saturated heterocycles. The Morgan fingerprint density at radius 2 is 1.81 bits per heavy atom. The summed E-state index contributed by atoms with van der Waals surface area (Å²) in [6.45, 7) is 3.36. The molecule has 0 aromatic heterocycles. The summed E-state index contributed by atoms with van der Waals surface area (Å²) in [6, 6.07) is 6.25. The van der Waals surface area contributed by atoms with Crippen molar-refractivity contribution in [3.8, 4) is 0 Å². The number of hydrogen-bond acceptors (Lipinski definition) is 4. The first kappa shape index (κ1) is 11.0. The van der Waals surface area contributed by atoms with E-state index in [1.54, 1.807) is 12.1 Å². The fourth-order valence-corrected chi connectivity index (χ4v) is 1.55. The Hall–Kier alpha value is -1.46. The third-order valence-corrected chi connectivity index (χ3v) is 2.44. The van der Waals surface area contributed by atoms with E-state index in [2.05, 4.69) is 0 Å². The molecule has 0 unspecified atom stereocenters. The second-order valence-corrected chi connectivity index (χ2v) is 3.95. The monoisotopic (exact) mass is 223 g/mol. The van der Waals surface area contributed by atoms with Crippen LogP contribution < -0.4 is 0 Å². The SMILES string of the molecule is CC1COC(c2ccc([N+](=O)[O-])cc2)OC1. The number of non-ortho nitro benzene ring substituents is 1. The van der Waals surface area contributed by atoms with Gasteiger partial charge in [-0.1, -0.05) is 6.92 Å². The lowest BCUT2D eigenvalue weighted by atomic mass is 10.1. The molecule has 0 atom stereocenters. The van der Waals surface area contributed by atoms with Gasteiger partial charge in [-0.25, -0.2) is 0 Å². The van der Waals surface area contributed by atoms with Gasteiger partial charge in [-0.15, -0.1) is 0 Å². The van der Waals surface area contributed by atoms with Crippen molar-refractivity contribution in [1.29, 1.82) is 0 Å². The van der Waals surface area contributed by atoms with Gasteiger partial charge in [-0.3, -0.25) is 10.1 Å². The van der Waals surface area contributed by atoms with E-state index in [-0.39, 0.29) is 5.69 Å². The lowest BCUT2D eigenvalue weighted by Crippen LogP contribution is -2.24. The first-order chi connectivity index (χ1) is 7.66. The molecule has 0 saturated carbocycles. The second kappa shape index (κ2) is 4.59. The van der Waals surface area contributed by atoms with Crippen molar-refractivity contribution in [2.24, 2.45) is 5.92 Å². The van der Waals surface area contributed by atoms with Crippen LogP contribution in [0.4, 0.5) is 5.69 Å². The van der Waals surface area contributed by atoms with Crippen LogP contribution in [0.15, 0.2) is 24.3 Å². The summed E-state index contributed by atoms with van der Waals surface area (Å²) in [5.41, 5.74) is 0.894. The van der Waals surface area contributed by atoms with Crippen molar-refractivity contribution in [2.45, 2.75) is 13.2 Å². The van der Waals surface area contributed by atoms with Crippen molar-refractivity contribution in [3.05, 3.63) is 39.9 Å². The molecule has 2 rings (SSSR count). The van der Waals surface area contributed by atoms with Gasteiger partial charge in [0, 0.05) is 23.6 Å². The Balaban J connectivity index is 2.07. The van der Waals surface area contributed by atoms with Crippen LogP contribution in [0.2, 0.25) is 0 Å². The van der Waals surface area contributed by atoms with E-state index in [0.717, 1.165) is 5.56 Å². The summed E-state index contributed by atoms with van der Waals surface area (Å²) in [5, 5.41) is 10.5. The van der Waals surface area contributed by atoms with Crippen LogP contribution in [-0.4, -0.2) is 18.1 Å². The van der Waals surface area contributed by atoms with E-state index in [9.17, 15) is 10.1 Å². The van der Waals surface area contributed by atoms with Gasteiger partial charge < -0.3 is 9.47 Å². The van der Waals surface area contributed by atoms with Crippen molar-refractivity contribution in [3.63, 3.8) is 0 Å². The van der Waals surface area contributed by atoms with Gasteiger partial charge in [0.2, 0.25) is 0 Å². The van der Waals surface area contributed by atoms with Crippen LogP contribution in [-0.2, 0) is 9.47 Å². The molecule has 5 nitrogen and oxygen atoms in total. The smallest absolute Gasteiger partial charge is 0.269 e. The fraction of sp³-hybridized carbons (Fsp3) is 0.455. The fourth-order valence-electron chi connectivity index (χ4n) is 1.55. The van der Waals surface area contributed by atoms with Crippen molar-refractivity contribution < 1.29 is 14.4 Å². The van der Waals surface area contributed by atoms with Crippen LogP contribution in [0.1, 0.15) is 18.8 Å². The Morgan fingerprint density at radius 3 is 2.31 bits per heavy atom. The number of nitrogens with zero attached hydrogens (tertiary/aromatic N) is 1. The predicted octanol–water partition coefficient (Wildman–Crippen LogP) is 2.28. The molecule has 0 bridgehead atoms. The topological polar surface area (TPSA) is 61.6 Å². The summed E-state index contributed by atoms with van der Waals surface area (Å²) < 4.78 is 11.0. The number of benzene rings is 1. The van der Waals surface area contributed by atoms with Crippen LogP contribution in [0, 0.1) is 16.0 Å². The molecule has 1 aromatic carbocycles. The van der Waals surface area contributed by atoms with Gasteiger partial charge in [0.25, 0.3) is 5.69 Å². The molecule has 16 heavy (non-hydrogen) atoms. The number of rotatable bonds is 2. The van der Waals surface area contributed by atoms with Crippen LogP contribution in [0.5, 0.6) is 0 Å². The van der Waals surface area contributed by atoms with Gasteiger partial charge in [-0.05, 0) is 12.1 Å². The molecule has 1 heterocycles. The van der Waals surface area contributed by atoms with E-state index in [1.807, 2.05) is 6.92 Å². The van der Waals surface area contributed by atoms with E-state index < -0.39 is 11.2 Å². The maximum atomic E-state index is 10.5. The van der Waals surface area contributed by atoms with Crippen LogP contribution >= 0.6 is 0 Å². The highest BCUT2D eigenvalue weighted by molar-refractivity contribution is 5.33. The van der Waals surface area contributed by atoms with Gasteiger partial charge in [0.15, 0.2) is 6.29 Å². The van der Waals surface area contributed by atoms with Gasteiger partial charge in [-0.2, -0.15) is 0 Å². The maximum Gasteiger partial charge on any atom is 0.269 e. The zero-order chi connectivity index (χ0) is 11.5. The molecule has 5 heteroatoms. The highest BCUT2D eigenvalue weighted by atomic mass is 16.7. The normalized spacial score (nSPS) is 25.3. The van der Waals surface area contributed by atoms with Crippen LogP contribution in [0.3, 0.4) is 0 Å². The van der Waals surface area contributed by atoms with Gasteiger partial charge in [0.05, 0.1) is 18.1 Å². The van der Waals surface area contributed by atoms with Crippen molar-refractivity contribution in [1.82, 2.24) is 0 Å². The molecule has 1 aliphatic heterocycles. The van der Waals surface area contributed by atoms with Crippen molar-refractivity contribution in [2.75, 3.05) is 13.2 Å². The Kier molecular flexibility index (Phi) is 3.17. The standard InChI is InChI=1S/C11H13NO4/c1-8-6-15-11(16-7-8)9-2-4-10(5-3-9)12(13)14/h2-5,8,11H,6-7H2,1H3. The Bertz CT molecular complexity index is 368. The molecule has 0 aliphatic carbocycles. The predicted molar refractivity (Wildman–Crippen MR) is 56.9 cm³/mol. The van der Waals surface area contributed by atoms with E-state index >= 15 is 0 Å². The first-order valence-corrected chi connectivity index (χ1v) is 5.14. The summed E-state index contributed by atoms with van der Waals surface area (Å²) in [4.78, 5) is 10.1. The minimum absolute atomic E-state index is 0.0768. The first-order valence-electron chi connectivity index (χ1n) is 5.14. The van der Waals surface area contributed by atoms with E-state index in [1.165, 1.54) is 12.1 Å². The third-order valence-electron chi connectivity index (χ3n) is 2.44. The minimum Gasteiger partial charge on any atom is -0.348 e. The zero-order valence-corrected chi connectivity index (χ0v) is 8.96. The Morgan fingerprint density at radius 1 is 1.25 bits per heavy atom. The molecule has 0 radical (unpaired) electrons. The van der Waals surface area contributed by atoms with E-state index in [4.69, 9.17) is 9.47 Å². The summed E-state index contributed by atoms with van der Waals surface area (Å²) in [7, 11) is 0. The molecule has 0 N–H and O–H groups in total. The zero-order valence-electron chi connectivity index (χ0n) is 8.96. The molecule has 1 fully saturated rings. The molecular weight excluding hydrogens is 210 g/mol. The average Bonchev–Trinajstić information content (AvgIpc) is 2.30. The van der Waals surface area contributed by atoms with Crippen LogP contribution in [0.25, 0.3) is 0 Å². The maximum absolute atomic E-state index is 10.5. The lowest BCUT2D eigenvalue weighted by Gasteiger charge is -2.27.